The number of rotatable bonds is 6. The molecule has 0 aliphatic carbocycles. The molecule has 0 fully saturated rings. The van der Waals surface area contributed by atoms with Crippen molar-refractivity contribution in [2.75, 3.05) is 6.54 Å². The zero-order chi connectivity index (χ0) is 14.6. The standard InChI is InChI=1S/C14H18N2O2S2/c1-11(12-5-3-2-4-6-12)10-16-20(17,18)14-8-7-13(9-15)19-14/h2-8,11,16H,9-10,15H2,1H3. The SMILES string of the molecule is CC(CNS(=O)(=O)c1ccc(CN)s1)c1ccccc1. The molecule has 108 valence electrons. The van der Waals surface area contributed by atoms with Crippen LogP contribution in [0.1, 0.15) is 23.3 Å². The zero-order valence-corrected chi connectivity index (χ0v) is 12.9. The van der Waals surface area contributed by atoms with E-state index in [1.54, 1.807) is 12.1 Å². The molecule has 0 aliphatic heterocycles. The van der Waals surface area contributed by atoms with Gasteiger partial charge in [-0.2, -0.15) is 0 Å². The summed E-state index contributed by atoms with van der Waals surface area (Å²) < 4.78 is 27.3. The Morgan fingerprint density at radius 3 is 2.50 bits per heavy atom. The number of benzene rings is 1. The summed E-state index contributed by atoms with van der Waals surface area (Å²) >= 11 is 1.21. The van der Waals surface area contributed by atoms with E-state index in [2.05, 4.69) is 4.72 Å². The van der Waals surface area contributed by atoms with Crippen molar-refractivity contribution >= 4 is 21.4 Å². The van der Waals surface area contributed by atoms with E-state index in [4.69, 9.17) is 5.73 Å². The van der Waals surface area contributed by atoms with E-state index < -0.39 is 10.0 Å². The number of hydrogen-bond donors (Lipinski definition) is 2. The molecule has 0 saturated heterocycles. The lowest BCUT2D eigenvalue weighted by Gasteiger charge is -2.12. The van der Waals surface area contributed by atoms with E-state index in [-0.39, 0.29) is 5.92 Å². The summed E-state index contributed by atoms with van der Waals surface area (Å²) in [6.07, 6.45) is 0. The minimum absolute atomic E-state index is 0.125. The highest BCUT2D eigenvalue weighted by atomic mass is 32.2. The van der Waals surface area contributed by atoms with E-state index in [9.17, 15) is 8.42 Å². The molecule has 1 aromatic heterocycles. The molecule has 1 heterocycles. The third kappa shape index (κ3) is 3.67. The Morgan fingerprint density at radius 2 is 1.90 bits per heavy atom. The lowest BCUT2D eigenvalue weighted by atomic mass is 10.0. The van der Waals surface area contributed by atoms with E-state index in [0.717, 1.165) is 10.4 Å². The van der Waals surface area contributed by atoms with E-state index in [1.807, 2.05) is 37.3 Å². The van der Waals surface area contributed by atoms with Gasteiger partial charge in [-0.25, -0.2) is 13.1 Å². The summed E-state index contributed by atoms with van der Waals surface area (Å²) in [5.41, 5.74) is 6.61. The number of thiophene rings is 1. The average Bonchev–Trinajstić information content (AvgIpc) is 2.95. The van der Waals surface area contributed by atoms with Gasteiger partial charge >= 0.3 is 0 Å². The molecule has 0 spiro atoms. The van der Waals surface area contributed by atoms with Crippen molar-refractivity contribution in [2.24, 2.45) is 5.73 Å². The minimum Gasteiger partial charge on any atom is -0.326 e. The highest BCUT2D eigenvalue weighted by Crippen LogP contribution is 2.21. The normalized spacial score (nSPS) is 13.3. The molecule has 3 N–H and O–H groups in total. The predicted molar refractivity (Wildman–Crippen MR) is 82.3 cm³/mol. The van der Waals surface area contributed by atoms with Crippen LogP contribution in [0.25, 0.3) is 0 Å². The molecule has 2 aromatic rings. The lowest BCUT2D eigenvalue weighted by Crippen LogP contribution is -2.27. The van der Waals surface area contributed by atoms with Crippen LogP contribution in [-0.4, -0.2) is 15.0 Å². The molecule has 2 rings (SSSR count). The van der Waals surface area contributed by atoms with Crippen LogP contribution in [0.5, 0.6) is 0 Å². The van der Waals surface area contributed by atoms with Crippen molar-refractivity contribution in [1.29, 1.82) is 0 Å². The molecular weight excluding hydrogens is 292 g/mol. The average molecular weight is 310 g/mol. The monoisotopic (exact) mass is 310 g/mol. The largest absolute Gasteiger partial charge is 0.326 e. The number of nitrogens with one attached hydrogen (secondary N) is 1. The predicted octanol–water partition coefficient (Wildman–Crippen LogP) is 2.29. The van der Waals surface area contributed by atoms with Crippen molar-refractivity contribution in [3.8, 4) is 0 Å². The molecule has 6 heteroatoms. The molecule has 20 heavy (non-hydrogen) atoms. The van der Waals surface area contributed by atoms with Crippen molar-refractivity contribution < 1.29 is 8.42 Å². The second kappa shape index (κ2) is 6.49. The molecule has 1 atom stereocenters. The Hall–Kier alpha value is -1.21. The lowest BCUT2D eigenvalue weighted by molar-refractivity contribution is 0.577. The van der Waals surface area contributed by atoms with Gasteiger partial charge in [-0.1, -0.05) is 37.3 Å². The van der Waals surface area contributed by atoms with Crippen LogP contribution in [-0.2, 0) is 16.6 Å². The first kappa shape index (κ1) is 15.2. The van der Waals surface area contributed by atoms with Crippen LogP contribution in [0.2, 0.25) is 0 Å². The Labute approximate surface area is 123 Å². The van der Waals surface area contributed by atoms with Gasteiger partial charge in [0.15, 0.2) is 0 Å². The third-order valence-corrected chi connectivity index (χ3v) is 6.07. The highest BCUT2D eigenvalue weighted by Gasteiger charge is 2.17. The fourth-order valence-corrected chi connectivity index (χ4v) is 4.23. The maximum absolute atomic E-state index is 12.2. The van der Waals surface area contributed by atoms with Crippen LogP contribution in [0.15, 0.2) is 46.7 Å². The molecule has 0 saturated carbocycles. The van der Waals surface area contributed by atoms with Gasteiger partial charge in [-0.05, 0) is 23.6 Å². The Bertz CT molecular complexity index is 651. The van der Waals surface area contributed by atoms with Gasteiger partial charge in [-0.15, -0.1) is 11.3 Å². The van der Waals surface area contributed by atoms with Crippen LogP contribution >= 0.6 is 11.3 Å². The van der Waals surface area contributed by atoms with Crippen molar-refractivity contribution in [1.82, 2.24) is 4.72 Å². The summed E-state index contributed by atoms with van der Waals surface area (Å²) in [6, 6.07) is 13.2. The molecule has 1 unspecified atom stereocenters. The molecule has 0 amide bonds. The fraction of sp³-hybridized carbons (Fsp3) is 0.286. The molecule has 1 aromatic carbocycles. The smallest absolute Gasteiger partial charge is 0.250 e. The van der Waals surface area contributed by atoms with Crippen LogP contribution in [0.4, 0.5) is 0 Å². The summed E-state index contributed by atoms with van der Waals surface area (Å²) in [6.45, 7) is 2.74. The van der Waals surface area contributed by atoms with Crippen LogP contribution in [0, 0.1) is 0 Å². The molecular formula is C14H18N2O2S2. The Morgan fingerprint density at radius 1 is 1.20 bits per heavy atom. The zero-order valence-electron chi connectivity index (χ0n) is 11.2. The van der Waals surface area contributed by atoms with Gasteiger partial charge in [-0.3, -0.25) is 0 Å². The number of nitrogens with two attached hydrogens (primary N) is 1. The topological polar surface area (TPSA) is 72.2 Å². The summed E-state index contributed by atoms with van der Waals surface area (Å²) in [5.74, 6) is 0.125. The van der Waals surface area contributed by atoms with E-state index >= 15 is 0 Å². The van der Waals surface area contributed by atoms with E-state index in [1.165, 1.54) is 11.3 Å². The van der Waals surface area contributed by atoms with Crippen molar-refractivity contribution in [2.45, 2.75) is 23.6 Å². The third-order valence-electron chi connectivity index (χ3n) is 3.05. The van der Waals surface area contributed by atoms with E-state index in [0.29, 0.717) is 17.3 Å². The minimum atomic E-state index is -3.44. The quantitative estimate of drug-likeness (QED) is 0.860. The van der Waals surface area contributed by atoms with Gasteiger partial charge in [0.05, 0.1) is 0 Å². The highest BCUT2D eigenvalue weighted by molar-refractivity contribution is 7.91. The van der Waals surface area contributed by atoms with Gasteiger partial charge < -0.3 is 5.73 Å². The first-order chi connectivity index (χ1) is 9.53. The number of sulfonamides is 1. The Balaban J connectivity index is 2.02. The maximum Gasteiger partial charge on any atom is 0.250 e. The fourth-order valence-electron chi connectivity index (χ4n) is 1.82. The maximum atomic E-state index is 12.2. The van der Waals surface area contributed by atoms with Gasteiger partial charge in [0.25, 0.3) is 0 Å². The van der Waals surface area contributed by atoms with Crippen LogP contribution < -0.4 is 10.5 Å². The molecule has 0 aliphatic rings. The van der Waals surface area contributed by atoms with Crippen LogP contribution in [0.3, 0.4) is 0 Å². The number of hydrogen-bond acceptors (Lipinski definition) is 4. The van der Waals surface area contributed by atoms with Gasteiger partial charge in [0, 0.05) is 18.0 Å². The second-order valence-electron chi connectivity index (χ2n) is 4.59. The Kier molecular flexibility index (Phi) is 4.93. The summed E-state index contributed by atoms with van der Waals surface area (Å²) in [7, 11) is -3.44. The summed E-state index contributed by atoms with van der Waals surface area (Å²) in [4.78, 5) is 0.862. The first-order valence-electron chi connectivity index (χ1n) is 6.36. The molecule has 0 radical (unpaired) electrons. The summed E-state index contributed by atoms with van der Waals surface area (Å²) in [5, 5.41) is 0. The molecule has 0 bridgehead atoms. The second-order valence-corrected chi connectivity index (χ2v) is 7.75. The molecule has 4 nitrogen and oxygen atoms in total. The van der Waals surface area contributed by atoms with Crippen molar-refractivity contribution in [3.63, 3.8) is 0 Å². The van der Waals surface area contributed by atoms with Crippen molar-refractivity contribution in [3.05, 3.63) is 52.9 Å². The van der Waals surface area contributed by atoms with Gasteiger partial charge in [0.1, 0.15) is 4.21 Å². The van der Waals surface area contributed by atoms with Gasteiger partial charge in [0.2, 0.25) is 10.0 Å². The first-order valence-corrected chi connectivity index (χ1v) is 8.66.